The molecule has 2 heterocycles. The standard InChI is InChI=1S/C26H36N4O4S/c1-20-3-6-23(7-4-20)35(32,33)28-22-5-8-25(30-12-9-21(2)10-13-30)24(19-22)26(31)27-11-14-29-15-17-34-18-16-29/h3-8,19,21,28H,9-18H2,1-2H3,(H,27,31). The van der Waals surface area contributed by atoms with Crippen LogP contribution in [-0.4, -0.2) is 71.7 Å². The van der Waals surface area contributed by atoms with E-state index >= 15 is 0 Å². The van der Waals surface area contributed by atoms with Crippen LogP contribution in [0.15, 0.2) is 47.4 Å². The molecule has 0 unspecified atom stereocenters. The number of carbonyl (C=O) groups excluding carboxylic acids is 1. The highest BCUT2D eigenvalue weighted by molar-refractivity contribution is 7.92. The summed E-state index contributed by atoms with van der Waals surface area (Å²) in [4.78, 5) is 18.0. The second-order valence-electron chi connectivity index (χ2n) is 9.53. The van der Waals surface area contributed by atoms with Crippen LogP contribution >= 0.6 is 0 Å². The topological polar surface area (TPSA) is 91.0 Å². The molecule has 0 aliphatic carbocycles. The van der Waals surface area contributed by atoms with E-state index in [-0.39, 0.29) is 10.8 Å². The highest BCUT2D eigenvalue weighted by atomic mass is 32.2. The number of nitrogens with zero attached hydrogens (tertiary/aromatic N) is 2. The average molecular weight is 501 g/mol. The Labute approximate surface area is 208 Å². The Hall–Kier alpha value is -2.62. The van der Waals surface area contributed by atoms with Crippen molar-refractivity contribution in [3.05, 3.63) is 53.6 Å². The summed E-state index contributed by atoms with van der Waals surface area (Å²) in [6, 6.07) is 12.0. The molecule has 8 nitrogen and oxygen atoms in total. The minimum atomic E-state index is -3.76. The molecule has 0 atom stereocenters. The van der Waals surface area contributed by atoms with Crippen LogP contribution in [0, 0.1) is 12.8 Å². The van der Waals surface area contributed by atoms with Crippen LogP contribution in [0.5, 0.6) is 0 Å². The number of anilines is 2. The average Bonchev–Trinajstić information content (AvgIpc) is 2.85. The van der Waals surface area contributed by atoms with E-state index in [1.54, 1.807) is 36.4 Å². The van der Waals surface area contributed by atoms with Crippen LogP contribution in [0.1, 0.15) is 35.7 Å². The number of sulfonamides is 1. The molecule has 0 bridgehead atoms. The smallest absolute Gasteiger partial charge is 0.261 e. The van der Waals surface area contributed by atoms with Crippen LogP contribution in [0.3, 0.4) is 0 Å². The molecule has 2 saturated heterocycles. The summed E-state index contributed by atoms with van der Waals surface area (Å²) in [5.41, 5.74) is 2.70. The quantitative estimate of drug-likeness (QED) is 0.579. The predicted octanol–water partition coefficient (Wildman–Crippen LogP) is 3.09. The zero-order valence-electron chi connectivity index (χ0n) is 20.6. The van der Waals surface area contributed by atoms with E-state index in [0.717, 1.165) is 56.8 Å². The van der Waals surface area contributed by atoms with Gasteiger partial charge in [-0.3, -0.25) is 14.4 Å². The van der Waals surface area contributed by atoms with Crippen molar-refractivity contribution in [3.8, 4) is 0 Å². The number of piperidine rings is 1. The lowest BCUT2D eigenvalue weighted by atomic mass is 9.98. The van der Waals surface area contributed by atoms with Gasteiger partial charge >= 0.3 is 0 Å². The molecule has 190 valence electrons. The van der Waals surface area contributed by atoms with Gasteiger partial charge in [0, 0.05) is 50.6 Å². The number of nitrogens with one attached hydrogen (secondary N) is 2. The van der Waals surface area contributed by atoms with Crippen molar-refractivity contribution in [3.63, 3.8) is 0 Å². The van der Waals surface area contributed by atoms with Crippen molar-refractivity contribution in [2.24, 2.45) is 5.92 Å². The number of aryl methyl sites for hydroxylation is 1. The van der Waals surface area contributed by atoms with Crippen LogP contribution in [0.25, 0.3) is 0 Å². The molecule has 35 heavy (non-hydrogen) atoms. The predicted molar refractivity (Wildman–Crippen MR) is 139 cm³/mol. The molecule has 0 aromatic heterocycles. The monoisotopic (exact) mass is 500 g/mol. The number of hydrogen-bond donors (Lipinski definition) is 2. The molecule has 1 amide bonds. The van der Waals surface area contributed by atoms with Crippen molar-refractivity contribution >= 4 is 27.3 Å². The van der Waals surface area contributed by atoms with Gasteiger partial charge in [-0.2, -0.15) is 0 Å². The molecule has 0 radical (unpaired) electrons. The summed E-state index contributed by atoms with van der Waals surface area (Å²) >= 11 is 0. The van der Waals surface area contributed by atoms with E-state index in [9.17, 15) is 13.2 Å². The Kier molecular flexibility index (Phi) is 8.30. The first-order valence-electron chi connectivity index (χ1n) is 12.4. The first-order chi connectivity index (χ1) is 16.8. The zero-order valence-corrected chi connectivity index (χ0v) is 21.4. The Morgan fingerprint density at radius 1 is 1.03 bits per heavy atom. The molecular formula is C26H36N4O4S. The van der Waals surface area contributed by atoms with Crippen LogP contribution < -0.4 is 14.9 Å². The van der Waals surface area contributed by atoms with E-state index in [4.69, 9.17) is 4.74 Å². The zero-order chi connectivity index (χ0) is 24.8. The van der Waals surface area contributed by atoms with Gasteiger partial charge in [0.2, 0.25) is 0 Å². The van der Waals surface area contributed by atoms with Gasteiger partial charge in [0.15, 0.2) is 0 Å². The fourth-order valence-corrected chi connectivity index (χ4v) is 5.54. The molecule has 2 aliphatic rings. The highest BCUT2D eigenvalue weighted by Gasteiger charge is 2.23. The van der Waals surface area contributed by atoms with Gasteiger partial charge in [-0.1, -0.05) is 24.6 Å². The number of hydrogen-bond acceptors (Lipinski definition) is 6. The van der Waals surface area contributed by atoms with Gasteiger partial charge in [-0.15, -0.1) is 0 Å². The molecular weight excluding hydrogens is 464 g/mol. The number of rotatable bonds is 8. The lowest BCUT2D eigenvalue weighted by Gasteiger charge is -2.33. The Balaban J connectivity index is 1.53. The first kappa shape index (κ1) is 25.5. The lowest BCUT2D eigenvalue weighted by molar-refractivity contribution is 0.0383. The molecule has 2 aromatic rings. The van der Waals surface area contributed by atoms with Gasteiger partial charge in [0.1, 0.15) is 0 Å². The Morgan fingerprint density at radius 3 is 2.40 bits per heavy atom. The third-order valence-corrected chi connectivity index (χ3v) is 8.16. The normalized spacial score (nSPS) is 17.8. The van der Waals surface area contributed by atoms with Gasteiger partial charge in [-0.05, 0) is 56.0 Å². The number of benzene rings is 2. The minimum absolute atomic E-state index is 0.189. The Morgan fingerprint density at radius 2 is 1.71 bits per heavy atom. The van der Waals surface area contributed by atoms with Gasteiger partial charge in [-0.25, -0.2) is 8.42 Å². The molecule has 0 saturated carbocycles. The van der Waals surface area contributed by atoms with Crippen LogP contribution in [0.2, 0.25) is 0 Å². The van der Waals surface area contributed by atoms with Gasteiger partial charge in [0.05, 0.1) is 23.7 Å². The largest absolute Gasteiger partial charge is 0.379 e. The SMILES string of the molecule is Cc1ccc(S(=O)(=O)Nc2ccc(N3CCC(C)CC3)c(C(=O)NCCN3CCOCC3)c2)cc1. The van der Waals surface area contributed by atoms with E-state index in [0.29, 0.717) is 36.9 Å². The Bertz CT molecular complexity index is 1110. The molecule has 2 fully saturated rings. The number of carbonyl (C=O) groups is 1. The van der Waals surface area contributed by atoms with Crippen molar-refractivity contribution in [1.29, 1.82) is 0 Å². The molecule has 4 rings (SSSR count). The third-order valence-electron chi connectivity index (χ3n) is 6.77. The summed E-state index contributed by atoms with van der Waals surface area (Å²) < 4.78 is 33.9. The van der Waals surface area contributed by atoms with Crippen LogP contribution in [0.4, 0.5) is 11.4 Å². The fraction of sp³-hybridized carbons (Fsp3) is 0.500. The maximum atomic E-state index is 13.3. The van der Waals surface area contributed by atoms with Crippen molar-refractivity contribution in [1.82, 2.24) is 10.2 Å². The van der Waals surface area contributed by atoms with E-state index in [1.165, 1.54) is 0 Å². The summed E-state index contributed by atoms with van der Waals surface area (Å²) in [7, 11) is -3.76. The molecule has 9 heteroatoms. The molecule has 2 aliphatic heterocycles. The van der Waals surface area contributed by atoms with Crippen molar-refractivity contribution < 1.29 is 17.9 Å². The molecule has 0 spiro atoms. The highest BCUT2D eigenvalue weighted by Crippen LogP contribution is 2.29. The third kappa shape index (κ3) is 6.74. The fourth-order valence-electron chi connectivity index (χ4n) is 4.49. The van der Waals surface area contributed by atoms with Crippen molar-refractivity contribution in [2.45, 2.75) is 31.6 Å². The number of amides is 1. The minimum Gasteiger partial charge on any atom is -0.379 e. The lowest BCUT2D eigenvalue weighted by Crippen LogP contribution is -2.41. The summed E-state index contributed by atoms with van der Waals surface area (Å²) in [5, 5.41) is 3.04. The maximum Gasteiger partial charge on any atom is 0.261 e. The maximum absolute atomic E-state index is 13.3. The second kappa shape index (κ2) is 11.4. The van der Waals surface area contributed by atoms with E-state index in [2.05, 4.69) is 26.8 Å². The van der Waals surface area contributed by atoms with Gasteiger partial charge < -0.3 is 15.0 Å². The number of ether oxygens (including phenoxy) is 1. The first-order valence-corrected chi connectivity index (χ1v) is 13.9. The summed E-state index contributed by atoms with van der Waals surface area (Å²) in [6.45, 7) is 10.4. The second-order valence-corrected chi connectivity index (χ2v) is 11.2. The van der Waals surface area contributed by atoms with E-state index in [1.807, 2.05) is 13.0 Å². The molecule has 2 aromatic carbocycles. The van der Waals surface area contributed by atoms with Crippen LogP contribution in [-0.2, 0) is 14.8 Å². The summed E-state index contributed by atoms with van der Waals surface area (Å²) in [5.74, 6) is 0.473. The molecule has 2 N–H and O–H groups in total. The summed E-state index contributed by atoms with van der Waals surface area (Å²) in [6.07, 6.45) is 2.14. The number of morpholine rings is 1. The van der Waals surface area contributed by atoms with Crippen molar-refractivity contribution in [2.75, 3.05) is 62.1 Å². The van der Waals surface area contributed by atoms with Gasteiger partial charge in [0.25, 0.3) is 15.9 Å². The van der Waals surface area contributed by atoms with E-state index < -0.39 is 10.0 Å².